The van der Waals surface area contributed by atoms with Crippen LogP contribution in [0.1, 0.15) is 10.5 Å². The van der Waals surface area contributed by atoms with Crippen LogP contribution >= 0.6 is 0 Å². The molecule has 0 fully saturated rings. The van der Waals surface area contributed by atoms with Crippen LogP contribution in [0.4, 0.5) is 0 Å². The summed E-state index contributed by atoms with van der Waals surface area (Å²) in [5.41, 5.74) is 8.36. The second-order valence-electron chi connectivity index (χ2n) is 5.27. The first kappa shape index (κ1) is 16.4. The van der Waals surface area contributed by atoms with Crippen LogP contribution < -0.4 is 15.2 Å². The van der Waals surface area contributed by atoms with Gasteiger partial charge < -0.3 is 15.2 Å². The monoisotopic (exact) mass is 335 g/mol. The highest BCUT2D eigenvalue weighted by Gasteiger charge is 2.14. The molecule has 6 heteroatoms. The van der Waals surface area contributed by atoms with Gasteiger partial charge in [-0.05, 0) is 48.5 Å². The van der Waals surface area contributed by atoms with Gasteiger partial charge in [0.05, 0.1) is 31.8 Å². The molecule has 1 heterocycles. The van der Waals surface area contributed by atoms with Crippen molar-refractivity contribution in [3.63, 3.8) is 0 Å². The number of hydrogen-bond donors (Lipinski definition) is 1. The lowest BCUT2D eigenvalue weighted by Gasteiger charge is -2.11. The number of rotatable bonds is 5. The number of carbonyl (C=O) groups excluding carboxylic acids is 1. The van der Waals surface area contributed by atoms with Crippen molar-refractivity contribution in [3.05, 3.63) is 60.4 Å². The number of primary amides is 1. The van der Waals surface area contributed by atoms with E-state index in [4.69, 9.17) is 15.2 Å². The third-order valence-corrected chi connectivity index (χ3v) is 3.75. The van der Waals surface area contributed by atoms with Crippen LogP contribution in [0.3, 0.4) is 0 Å². The second-order valence-corrected chi connectivity index (χ2v) is 5.27. The fraction of sp³-hybridized carbons (Fsp3) is 0.105. The smallest absolute Gasteiger partial charge is 0.268 e. The van der Waals surface area contributed by atoms with Crippen molar-refractivity contribution in [1.29, 1.82) is 0 Å². The van der Waals surface area contributed by atoms with E-state index in [-0.39, 0.29) is 5.69 Å². The second kappa shape index (κ2) is 7.00. The molecule has 2 N–H and O–H groups in total. The first-order chi connectivity index (χ1) is 12.1. The zero-order chi connectivity index (χ0) is 17.8. The minimum atomic E-state index is -0.622. The van der Waals surface area contributed by atoms with Crippen molar-refractivity contribution in [3.8, 4) is 34.0 Å². The number of nitrogens with zero attached hydrogens (tertiary/aromatic N) is 2. The molecule has 25 heavy (non-hydrogen) atoms. The molecular weight excluding hydrogens is 318 g/mol. The lowest BCUT2D eigenvalue weighted by Crippen LogP contribution is -2.14. The summed E-state index contributed by atoms with van der Waals surface area (Å²) in [4.78, 5) is 20.3. The number of nitrogens with two attached hydrogens (primary N) is 1. The Kier molecular flexibility index (Phi) is 4.61. The Morgan fingerprint density at radius 1 is 0.840 bits per heavy atom. The molecule has 6 nitrogen and oxygen atoms in total. The molecule has 0 atom stereocenters. The van der Waals surface area contributed by atoms with E-state index >= 15 is 0 Å². The zero-order valence-corrected chi connectivity index (χ0v) is 13.9. The van der Waals surface area contributed by atoms with Crippen LogP contribution in [-0.2, 0) is 0 Å². The summed E-state index contributed by atoms with van der Waals surface area (Å²) in [5.74, 6) is 0.855. The number of carbonyl (C=O) groups is 1. The van der Waals surface area contributed by atoms with Gasteiger partial charge in [-0.25, -0.2) is 4.98 Å². The molecule has 1 amide bonds. The Hall–Kier alpha value is -3.41. The molecule has 0 bridgehead atoms. The normalized spacial score (nSPS) is 10.3. The maximum Gasteiger partial charge on any atom is 0.268 e. The summed E-state index contributed by atoms with van der Waals surface area (Å²) in [7, 11) is 3.21. The van der Waals surface area contributed by atoms with Gasteiger partial charge in [0.1, 0.15) is 17.2 Å². The summed E-state index contributed by atoms with van der Waals surface area (Å²) < 4.78 is 10.4. The highest BCUT2D eigenvalue weighted by molar-refractivity contribution is 5.92. The summed E-state index contributed by atoms with van der Waals surface area (Å²) >= 11 is 0. The molecule has 0 aliphatic rings. The average Bonchev–Trinajstić information content (AvgIpc) is 2.67. The number of amides is 1. The minimum Gasteiger partial charge on any atom is -0.497 e. The van der Waals surface area contributed by atoms with Crippen molar-refractivity contribution in [2.75, 3.05) is 14.2 Å². The van der Waals surface area contributed by atoms with E-state index in [1.165, 1.54) is 6.20 Å². The summed E-state index contributed by atoms with van der Waals surface area (Å²) in [6.45, 7) is 0. The number of ether oxygens (including phenoxy) is 2. The quantitative estimate of drug-likeness (QED) is 0.774. The Balaban J connectivity index is 2.14. The lowest BCUT2D eigenvalue weighted by atomic mass is 10.0. The van der Waals surface area contributed by atoms with Crippen molar-refractivity contribution in [2.45, 2.75) is 0 Å². The largest absolute Gasteiger partial charge is 0.497 e. The Morgan fingerprint density at radius 3 is 1.76 bits per heavy atom. The predicted octanol–water partition coefficient (Wildman–Crippen LogP) is 2.93. The SMILES string of the molecule is COc1ccc(-c2ncc(C(N)=O)nc2-c2ccc(OC)cc2)cc1. The highest BCUT2D eigenvalue weighted by atomic mass is 16.5. The van der Waals surface area contributed by atoms with E-state index in [1.807, 2.05) is 48.5 Å². The van der Waals surface area contributed by atoms with Crippen LogP contribution in [0.5, 0.6) is 11.5 Å². The van der Waals surface area contributed by atoms with E-state index in [2.05, 4.69) is 9.97 Å². The summed E-state index contributed by atoms with van der Waals surface area (Å²) in [6, 6.07) is 14.8. The number of aromatic nitrogens is 2. The summed E-state index contributed by atoms with van der Waals surface area (Å²) in [5, 5.41) is 0. The lowest BCUT2D eigenvalue weighted by molar-refractivity contribution is 0.0995. The molecule has 0 saturated heterocycles. The molecule has 0 radical (unpaired) electrons. The van der Waals surface area contributed by atoms with Crippen LogP contribution in [0, 0.1) is 0 Å². The number of methoxy groups -OCH3 is 2. The first-order valence-corrected chi connectivity index (χ1v) is 7.58. The molecule has 3 rings (SSSR count). The standard InChI is InChI=1S/C19H17N3O3/c1-24-14-7-3-12(4-8-14)17-18(22-16(11-21-17)19(20)23)13-5-9-15(25-2)10-6-13/h3-11H,1-2H3,(H2,20,23). The predicted molar refractivity (Wildman–Crippen MR) is 94.5 cm³/mol. The molecule has 0 aliphatic carbocycles. The van der Waals surface area contributed by atoms with Gasteiger partial charge in [0.25, 0.3) is 5.91 Å². The molecule has 0 aliphatic heterocycles. The van der Waals surface area contributed by atoms with E-state index in [9.17, 15) is 4.79 Å². The van der Waals surface area contributed by atoms with Gasteiger partial charge in [0.15, 0.2) is 0 Å². The van der Waals surface area contributed by atoms with Gasteiger partial charge >= 0.3 is 0 Å². The Labute approximate surface area is 145 Å². The molecule has 1 aromatic heterocycles. The van der Waals surface area contributed by atoms with Gasteiger partial charge in [0.2, 0.25) is 0 Å². The van der Waals surface area contributed by atoms with Gasteiger partial charge in [-0.15, -0.1) is 0 Å². The maximum atomic E-state index is 11.5. The van der Waals surface area contributed by atoms with E-state index in [0.29, 0.717) is 11.4 Å². The van der Waals surface area contributed by atoms with Crippen LogP contribution in [0.25, 0.3) is 22.5 Å². The molecule has 0 saturated carbocycles. The fourth-order valence-electron chi connectivity index (χ4n) is 2.42. The minimum absolute atomic E-state index is 0.114. The summed E-state index contributed by atoms with van der Waals surface area (Å²) in [6.07, 6.45) is 1.38. The number of hydrogen-bond acceptors (Lipinski definition) is 5. The zero-order valence-electron chi connectivity index (χ0n) is 13.9. The van der Waals surface area contributed by atoms with Gasteiger partial charge in [0, 0.05) is 11.1 Å². The Morgan fingerprint density at radius 2 is 1.32 bits per heavy atom. The molecule has 0 spiro atoms. The van der Waals surface area contributed by atoms with Crippen LogP contribution in [0.2, 0.25) is 0 Å². The van der Waals surface area contributed by atoms with Gasteiger partial charge in [-0.3, -0.25) is 9.78 Å². The molecule has 2 aromatic carbocycles. The van der Waals surface area contributed by atoms with Crippen molar-refractivity contribution in [2.24, 2.45) is 5.73 Å². The highest BCUT2D eigenvalue weighted by Crippen LogP contribution is 2.31. The van der Waals surface area contributed by atoms with E-state index in [1.54, 1.807) is 14.2 Å². The van der Waals surface area contributed by atoms with Crippen molar-refractivity contribution in [1.82, 2.24) is 9.97 Å². The molecule has 126 valence electrons. The van der Waals surface area contributed by atoms with E-state index in [0.717, 1.165) is 22.6 Å². The average molecular weight is 335 g/mol. The topological polar surface area (TPSA) is 87.3 Å². The third kappa shape index (κ3) is 3.42. The number of benzene rings is 2. The molecule has 3 aromatic rings. The van der Waals surface area contributed by atoms with Gasteiger partial charge in [-0.2, -0.15) is 0 Å². The van der Waals surface area contributed by atoms with Crippen molar-refractivity contribution >= 4 is 5.91 Å². The molecular formula is C19H17N3O3. The third-order valence-electron chi connectivity index (χ3n) is 3.75. The molecule has 0 unspecified atom stereocenters. The Bertz CT molecular complexity index is 891. The van der Waals surface area contributed by atoms with Crippen molar-refractivity contribution < 1.29 is 14.3 Å². The van der Waals surface area contributed by atoms with Crippen LogP contribution in [0.15, 0.2) is 54.7 Å². The van der Waals surface area contributed by atoms with Gasteiger partial charge in [-0.1, -0.05) is 0 Å². The maximum absolute atomic E-state index is 11.5. The fourth-order valence-corrected chi connectivity index (χ4v) is 2.42. The first-order valence-electron chi connectivity index (χ1n) is 7.58. The van der Waals surface area contributed by atoms with E-state index < -0.39 is 5.91 Å². The van der Waals surface area contributed by atoms with Crippen LogP contribution in [-0.4, -0.2) is 30.1 Å².